The molecule has 1 aromatic rings. The molecular formula is C6H4Cl2N2O. The van der Waals surface area contributed by atoms with E-state index in [1.54, 1.807) is 6.07 Å². The highest BCUT2D eigenvalue weighted by Gasteiger charge is 2.02. The van der Waals surface area contributed by atoms with Crippen molar-refractivity contribution in [2.45, 2.75) is 0 Å². The number of hydrogen-bond acceptors (Lipinski definition) is 3. The molecule has 0 spiro atoms. The quantitative estimate of drug-likeness (QED) is 0.320. The van der Waals surface area contributed by atoms with Crippen LogP contribution in [0.1, 0.15) is 5.56 Å². The summed E-state index contributed by atoms with van der Waals surface area (Å²) in [5, 5.41) is 11.6. The molecule has 5 heteroatoms. The molecule has 1 heterocycles. The summed E-state index contributed by atoms with van der Waals surface area (Å²) in [6.07, 6.45) is 2.61. The van der Waals surface area contributed by atoms with E-state index in [4.69, 9.17) is 28.4 Å². The molecule has 0 atom stereocenters. The Kier molecular flexibility index (Phi) is 2.68. The molecule has 58 valence electrons. The van der Waals surface area contributed by atoms with Crippen molar-refractivity contribution in [3.63, 3.8) is 0 Å². The molecule has 0 amide bonds. The van der Waals surface area contributed by atoms with E-state index < -0.39 is 0 Å². The van der Waals surface area contributed by atoms with Crippen molar-refractivity contribution >= 4 is 29.4 Å². The molecule has 1 N–H and O–H groups in total. The first-order valence-corrected chi connectivity index (χ1v) is 3.48. The second-order valence-electron chi connectivity index (χ2n) is 1.74. The first kappa shape index (κ1) is 8.30. The third kappa shape index (κ3) is 1.82. The predicted molar refractivity (Wildman–Crippen MR) is 43.6 cm³/mol. The van der Waals surface area contributed by atoms with Crippen LogP contribution in [0.15, 0.2) is 17.4 Å². The van der Waals surface area contributed by atoms with Gasteiger partial charge < -0.3 is 5.21 Å². The Morgan fingerprint density at radius 1 is 1.55 bits per heavy atom. The Hall–Kier alpha value is -0.800. The summed E-state index contributed by atoms with van der Waals surface area (Å²) in [6, 6.07) is 1.56. The summed E-state index contributed by atoms with van der Waals surface area (Å²) < 4.78 is 0. The average molecular weight is 191 g/mol. The first-order chi connectivity index (χ1) is 5.25. The van der Waals surface area contributed by atoms with Crippen molar-refractivity contribution in [1.82, 2.24) is 4.98 Å². The number of hydrogen-bond donors (Lipinski definition) is 1. The van der Waals surface area contributed by atoms with Crippen molar-refractivity contribution in [3.05, 3.63) is 28.0 Å². The zero-order valence-corrected chi connectivity index (χ0v) is 6.84. The van der Waals surface area contributed by atoms with Crippen LogP contribution in [0.4, 0.5) is 0 Å². The molecule has 3 nitrogen and oxygen atoms in total. The molecule has 0 aromatic carbocycles. The fourth-order valence-corrected chi connectivity index (χ4v) is 1.05. The van der Waals surface area contributed by atoms with Gasteiger partial charge in [-0.3, -0.25) is 0 Å². The normalized spacial score (nSPS) is 10.7. The largest absolute Gasteiger partial charge is 0.411 e. The van der Waals surface area contributed by atoms with E-state index in [-0.39, 0.29) is 5.15 Å². The fraction of sp³-hybridized carbons (Fsp3) is 0. The van der Waals surface area contributed by atoms with Crippen molar-refractivity contribution in [1.29, 1.82) is 0 Å². The summed E-state index contributed by atoms with van der Waals surface area (Å²) in [5.74, 6) is 0. The number of oxime groups is 1. The highest BCUT2D eigenvalue weighted by atomic mass is 35.5. The van der Waals surface area contributed by atoms with E-state index >= 15 is 0 Å². The first-order valence-electron chi connectivity index (χ1n) is 2.73. The van der Waals surface area contributed by atoms with Crippen LogP contribution in [0, 0.1) is 0 Å². The van der Waals surface area contributed by atoms with E-state index in [9.17, 15) is 0 Å². The number of aromatic nitrogens is 1. The topological polar surface area (TPSA) is 45.5 Å². The van der Waals surface area contributed by atoms with E-state index in [1.807, 2.05) is 0 Å². The molecule has 0 fully saturated rings. The molecule has 0 saturated heterocycles. The molecule has 0 saturated carbocycles. The van der Waals surface area contributed by atoms with E-state index in [0.717, 1.165) is 6.21 Å². The smallest absolute Gasteiger partial charge is 0.139 e. The van der Waals surface area contributed by atoms with Crippen molar-refractivity contribution in [2.75, 3.05) is 0 Å². The van der Waals surface area contributed by atoms with Crippen molar-refractivity contribution in [3.8, 4) is 0 Å². The average Bonchev–Trinajstić information content (AvgIpc) is 1.97. The standard InChI is InChI=1S/C6H4Cl2N2O/c7-5-1-2-9-6(8)4(5)3-10-11/h1-3,11H/b10-3+. The maximum atomic E-state index is 8.19. The minimum absolute atomic E-state index is 0.218. The fourth-order valence-electron chi connectivity index (χ4n) is 0.599. The molecule has 0 aliphatic rings. The van der Waals surface area contributed by atoms with E-state index in [2.05, 4.69) is 10.1 Å². The number of rotatable bonds is 1. The van der Waals surface area contributed by atoms with Gasteiger partial charge in [0, 0.05) is 6.20 Å². The Labute approximate surface area is 73.3 Å². The third-order valence-corrected chi connectivity index (χ3v) is 1.71. The highest BCUT2D eigenvalue weighted by Crippen LogP contribution is 2.19. The lowest BCUT2D eigenvalue weighted by Gasteiger charge is -1.96. The molecular weight excluding hydrogens is 187 g/mol. The Bertz CT molecular complexity index is 268. The lowest BCUT2D eigenvalue weighted by Crippen LogP contribution is -1.87. The molecule has 0 radical (unpaired) electrons. The van der Waals surface area contributed by atoms with Gasteiger partial charge >= 0.3 is 0 Å². The Morgan fingerprint density at radius 2 is 2.27 bits per heavy atom. The van der Waals surface area contributed by atoms with Gasteiger partial charge in [-0.05, 0) is 6.07 Å². The maximum Gasteiger partial charge on any atom is 0.139 e. The van der Waals surface area contributed by atoms with Gasteiger partial charge in [-0.2, -0.15) is 0 Å². The summed E-state index contributed by atoms with van der Waals surface area (Å²) >= 11 is 11.3. The van der Waals surface area contributed by atoms with Crippen molar-refractivity contribution in [2.24, 2.45) is 5.16 Å². The third-order valence-electron chi connectivity index (χ3n) is 1.08. The maximum absolute atomic E-state index is 8.19. The SMILES string of the molecule is O/N=C/c1c(Cl)ccnc1Cl. The van der Waals surface area contributed by atoms with Crippen molar-refractivity contribution < 1.29 is 5.21 Å². The lowest BCUT2D eigenvalue weighted by atomic mass is 10.3. The summed E-state index contributed by atoms with van der Waals surface area (Å²) in [5.41, 5.74) is 0.415. The van der Waals surface area contributed by atoms with E-state index in [1.165, 1.54) is 6.20 Å². The Morgan fingerprint density at radius 3 is 2.82 bits per heavy atom. The van der Waals surface area contributed by atoms with Gasteiger partial charge in [0.2, 0.25) is 0 Å². The minimum Gasteiger partial charge on any atom is -0.411 e. The van der Waals surface area contributed by atoms with Gasteiger partial charge in [-0.15, -0.1) is 0 Å². The zero-order chi connectivity index (χ0) is 8.27. The van der Waals surface area contributed by atoms with Crippen LogP contribution in [0.25, 0.3) is 0 Å². The van der Waals surface area contributed by atoms with Crippen LogP contribution in [-0.2, 0) is 0 Å². The second-order valence-corrected chi connectivity index (χ2v) is 2.51. The molecule has 11 heavy (non-hydrogen) atoms. The van der Waals surface area contributed by atoms with Crippen LogP contribution >= 0.6 is 23.2 Å². The zero-order valence-electron chi connectivity index (χ0n) is 5.33. The molecule has 0 aliphatic heterocycles. The van der Waals surface area contributed by atoms with Gasteiger partial charge in [0.15, 0.2) is 0 Å². The van der Waals surface area contributed by atoms with Crippen LogP contribution in [0.3, 0.4) is 0 Å². The summed E-state index contributed by atoms with van der Waals surface area (Å²) in [7, 11) is 0. The highest BCUT2D eigenvalue weighted by molar-refractivity contribution is 6.37. The van der Waals surface area contributed by atoms with Crippen LogP contribution in [0.2, 0.25) is 10.2 Å². The van der Waals surface area contributed by atoms with Gasteiger partial charge in [-0.25, -0.2) is 4.98 Å². The summed E-state index contributed by atoms with van der Waals surface area (Å²) in [4.78, 5) is 3.74. The number of nitrogens with zero attached hydrogens (tertiary/aromatic N) is 2. The van der Waals surface area contributed by atoms with Gasteiger partial charge in [0.25, 0.3) is 0 Å². The number of pyridine rings is 1. The molecule has 0 aliphatic carbocycles. The van der Waals surface area contributed by atoms with E-state index in [0.29, 0.717) is 10.6 Å². The molecule has 0 bridgehead atoms. The Balaban J connectivity index is 3.20. The van der Waals surface area contributed by atoms with Gasteiger partial charge in [0.05, 0.1) is 16.8 Å². The molecule has 1 rings (SSSR count). The van der Waals surface area contributed by atoms with Gasteiger partial charge in [-0.1, -0.05) is 28.4 Å². The monoisotopic (exact) mass is 190 g/mol. The van der Waals surface area contributed by atoms with Gasteiger partial charge in [0.1, 0.15) is 5.15 Å². The molecule has 1 aromatic heterocycles. The lowest BCUT2D eigenvalue weighted by molar-refractivity contribution is 0.322. The second kappa shape index (κ2) is 3.55. The van der Waals surface area contributed by atoms with Crippen LogP contribution in [-0.4, -0.2) is 16.4 Å². The summed E-state index contributed by atoms with van der Waals surface area (Å²) in [6.45, 7) is 0. The molecule has 0 unspecified atom stereocenters. The van der Waals surface area contributed by atoms with Crippen LogP contribution < -0.4 is 0 Å². The number of halogens is 2. The minimum atomic E-state index is 0.218. The predicted octanol–water partition coefficient (Wildman–Crippen LogP) is 2.20. The van der Waals surface area contributed by atoms with Crippen LogP contribution in [0.5, 0.6) is 0 Å².